The molecule has 5 rings (SSSR count). The third kappa shape index (κ3) is 4.95. The van der Waals surface area contributed by atoms with E-state index in [4.69, 9.17) is 9.72 Å². The summed E-state index contributed by atoms with van der Waals surface area (Å²) in [6.07, 6.45) is 3.85. The minimum Gasteiger partial charge on any atom is -0.760 e. The van der Waals surface area contributed by atoms with Gasteiger partial charge in [0.25, 0.3) is 0 Å². The van der Waals surface area contributed by atoms with Crippen molar-refractivity contribution < 1.29 is 13.5 Å². The monoisotopic (exact) mass is 477 g/mol. The van der Waals surface area contributed by atoms with Gasteiger partial charge in [0.15, 0.2) is 0 Å². The van der Waals surface area contributed by atoms with Crippen molar-refractivity contribution in [3.63, 3.8) is 0 Å². The van der Waals surface area contributed by atoms with E-state index in [2.05, 4.69) is 32.1 Å². The highest BCUT2D eigenvalue weighted by atomic mass is 32.2. The second kappa shape index (κ2) is 9.90. The molecular weight excluding hydrogens is 452 g/mol. The molecule has 0 radical (unpaired) electrons. The zero-order valence-corrected chi connectivity index (χ0v) is 19.5. The molecule has 1 aliphatic rings. The molecule has 0 saturated carbocycles. The van der Waals surface area contributed by atoms with Crippen LogP contribution in [-0.4, -0.2) is 49.6 Å². The number of hydrogen-bond donors (Lipinski definition) is 2. The van der Waals surface area contributed by atoms with Gasteiger partial charge in [0.2, 0.25) is 5.95 Å². The molecule has 1 aliphatic heterocycles. The van der Waals surface area contributed by atoms with Gasteiger partial charge in [-0.25, -0.2) is 14.7 Å². The highest BCUT2D eigenvalue weighted by Gasteiger charge is 2.13. The fourth-order valence-electron chi connectivity index (χ4n) is 4.08. The molecule has 0 aliphatic carbocycles. The summed E-state index contributed by atoms with van der Waals surface area (Å²) in [5.74, 6) is 0.526. The first-order valence-electron chi connectivity index (χ1n) is 11.0. The van der Waals surface area contributed by atoms with Crippen LogP contribution >= 0.6 is 0 Å². The van der Waals surface area contributed by atoms with E-state index in [-0.39, 0.29) is 6.54 Å². The highest BCUT2D eigenvalue weighted by Crippen LogP contribution is 2.30. The van der Waals surface area contributed by atoms with Gasteiger partial charge < -0.3 is 24.1 Å². The van der Waals surface area contributed by atoms with Crippen LogP contribution in [0.3, 0.4) is 0 Å². The van der Waals surface area contributed by atoms with Crippen LogP contribution in [0.1, 0.15) is 5.56 Å². The molecule has 4 aromatic rings. The van der Waals surface area contributed by atoms with Crippen molar-refractivity contribution in [2.75, 3.05) is 36.5 Å². The molecule has 0 amide bonds. The van der Waals surface area contributed by atoms with Crippen LogP contribution < -0.4 is 14.9 Å². The van der Waals surface area contributed by atoms with Gasteiger partial charge in [0.1, 0.15) is 5.52 Å². The molecule has 1 saturated heterocycles. The number of aromatic nitrogens is 3. The Morgan fingerprint density at radius 3 is 2.53 bits per heavy atom. The maximum Gasteiger partial charge on any atom is 0.227 e. The van der Waals surface area contributed by atoms with E-state index in [1.807, 2.05) is 60.4 Å². The summed E-state index contributed by atoms with van der Waals surface area (Å²) in [5, 5.41) is 3.31. The zero-order chi connectivity index (χ0) is 23.5. The molecule has 3 heterocycles. The minimum absolute atomic E-state index is 0.256. The lowest BCUT2D eigenvalue weighted by molar-refractivity contribution is 0.122. The Bertz CT molecular complexity index is 1300. The molecule has 9 nitrogen and oxygen atoms in total. The normalized spacial score (nSPS) is 14.9. The Morgan fingerprint density at radius 1 is 1.09 bits per heavy atom. The lowest BCUT2D eigenvalue weighted by atomic mass is 10.1. The van der Waals surface area contributed by atoms with Gasteiger partial charge in [0.05, 0.1) is 24.9 Å². The molecule has 34 heavy (non-hydrogen) atoms. The first-order valence-corrected chi connectivity index (χ1v) is 12.1. The smallest absolute Gasteiger partial charge is 0.227 e. The van der Waals surface area contributed by atoms with Crippen LogP contribution in [0.4, 0.5) is 17.3 Å². The summed E-state index contributed by atoms with van der Waals surface area (Å²) < 4.78 is 31.3. The van der Waals surface area contributed by atoms with Crippen molar-refractivity contribution in [2.24, 2.45) is 7.05 Å². The van der Waals surface area contributed by atoms with Crippen molar-refractivity contribution in [3.8, 4) is 11.1 Å². The average molecular weight is 478 g/mol. The molecule has 0 spiro atoms. The van der Waals surface area contributed by atoms with Crippen LogP contribution in [0, 0.1) is 0 Å². The molecule has 2 aromatic carbocycles. The predicted molar refractivity (Wildman–Crippen MR) is 132 cm³/mol. The van der Waals surface area contributed by atoms with E-state index in [9.17, 15) is 8.76 Å². The Kier molecular flexibility index (Phi) is 6.54. The molecule has 1 unspecified atom stereocenters. The van der Waals surface area contributed by atoms with Crippen molar-refractivity contribution in [1.29, 1.82) is 0 Å². The summed E-state index contributed by atoms with van der Waals surface area (Å²) in [7, 11) is 1.97. The lowest BCUT2D eigenvalue weighted by Gasteiger charge is -2.28. The predicted octanol–water partition coefficient (Wildman–Crippen LogP) is 3.10. The van der Waals surface area contributed by atoms with Gasteiger partial charge >= 0.3 is 0 Å². The van der Waals surface area contributed by atoms with Crippen molar-refractivity contribution in [3.05, 3.63) is 66.5 Å². The van der Waals surface area contributed by atoms with E-state index < -0.39 is 11.3 Å². The molecule has 10 heteroatoms. The number of fused-ring (bicyclic) bond motifs is 1. The molecule has 2 aromatic heterocycles. The van der Waals surface area contributed by atoms with Gasteiger partial charge in [-0.2, -0.15) is 0 Å². The molecule has 176 valence electrons. The van der Waals surface area contributed by atoms with Crippen LogP contribution in [-0.2, 0) is 29.6 Å². The number of benzene rings is 2. The minimum atomic E-state index is -2.28. The summed E-state index contributed by atoms with van der Waals surface area (Å²) in [6.45, 7) is 3.58. The Hall–Kier alpha value is -3.31. The van der Waals surface area contributed by atoms with Gasteiger partial charge in [0, 0.05) is 61.1 Å². The summed E-state index contributed by atoms with van der Waals surface area (Å²) in [5.41, 5.74) is 6.73. The summed E-state index contributed by atoms with van der Waals surface area (Å²) in [4.78, 5) is 11.6. The van der Waals surface area contributed by atoms with Crippen LogP contribution in [0.25, 0.3) is 22.2 Å². The SMILES string of the molecule is Cn1cc(-c2ccc(CNS(=O)[O-])cc2)c2nc(Nc3ccc(N4CCOCC4)cc3)ncc21. The molecule has 2 N–H and O–H groups in total. The number of morpholine rings is 1. The van der Waals surface area contributed by atoms with Gasteiger partial charge in [-0.1, -0.05) is 24.3 Å². The summed E-state index contributed by atoms with van der Waals surface area (Å²) >= 11 is -2.28. The Labute approximate surface area is 200 Å². The number of ether oxygens (including phenoxy) is 1. The van der Waals surface area contributed by atoms with E-state index in [0.29, 0.717) is 5.95 Å². The van der Waals surface area contributed by atoms with Gasteiger partial charge in [-0.3, -0.25) is 4.21 Å². The van der Waals surface area contributed by atoms with Crippen LogP contribution in [0.2, 0.25) is 0 Å². The third-order valence-electron chi connectivity index (χ3n) is 5.89. The average Bonchev–Trinajstić information content (AvgIpc) is 3.20. The number of nitrogens with one attached hydrogen (secondary N) is 2. The van der Waals surface area contributed by atoms with Gasteiger partial charge in [-0.15, -0.1) is 0 Å². The number of hydrogen-bond acceptors (Lipinski definition) is 7. The van der Waals surface area contributed by atoms with E-state index in [1.54, 1.807) is 0 Å². The molecule has 1 atom stereocenters. The molecule has 0 bridgehead atoms. The summed E-state index contributed by atoms with van der Waals surface area (Å²) in [6, 6.07) is 16.0. The van der Waals surface area contributed by atoms with Gasteiger partial charge in [-0.05, 0) is 35.4 Å². The van der Waals surface area contributed by atoms with E-state index in [1.165, 1.54) is 5.69 Å². The third-order valence-corrected chi connectivity index (χ3v) is 6.27. The van der Waals surface area contributed by atoms with Crippen LogP contribution in [0.15, 0.2) is 60.9 Å². The first kappa shape index (κ1) is 22.5. The van der Waals surface area contributed by atoms with Crippen molar-refractivity contribution >= 4 is 39.6 Å². The lowest BCUT2D eigenvalue weighted by Crippen LogP contribution is -2.36. The van der Waals surface area contributed by atoms with Crippen molar-refractivity contribution in [2.45, 2.75) is 6.54 Å². The first-order chi connectivity index (χ1) is 16.6. The zero-order valence-electron chi connectivity index (χ0n) is 18.7. The largest absolute Gasteiger partial charge is 0.760 e. The standard InChI is InChI=1S/C24H26N6O3S/c1-29-16-21(18-4-2-17(3-5-18)14-26-34(31)32)23-22(29)15-25-24(28-23)27-19-6-8-20(9-7-19)30-10-12-33-13-11-30/h2-9,15-16,26H,10-14H2,1H3,(H,31,32)(H,25,27,28)/p-1. The second-order valence-electron chi connectivity index (χ2n) is 8.11. The maximum absolute atomic E-state index is 10.7. The Balaban J connectivity index is 1.37. The molecular formula is C24H25N6O3S-. The second-order valence-corrected chi connectivity index (χ2v) is 8.86. The van der Waals surface area contributed by atoms with E-state index in [0.717, 1.165) is 59.7 Å². The van der Waals surface area contributed by atoms with Crippen LogP contribution in [0.5, 0.6) is 0 Å². The highest BCUT2D eigenvalue weighted by molar-refractivity contribution is 7.77. The number of aryl methyl sites for hydroxylation is 1. The molecule has 1 fully saturated rings. The number of rotatable bonds is 7. The fraction of sp³-hybridized carbons (Fsp3) is 0.250. The van der Waals surface area contributed by atoms with E-state index >= 15 is 0 Å². The number of nitrogens with zero attached hydrogens (tertiary/aromatic N) is 4. The maximum atomic E-state index is 10.7. The number of anilines is 3. The fourth-order valence-corrected chi connectivity index (χ4v) is 4.36. The van der Waals surface area contributed by atoms with Crippen molar-refractivity contribution in [1.82, 2.24) is 19.3 Å². The quantitative estimate of drug-likeness (QED) is 0.394. The Morgan fingerprint density at radius 2 is 1.82 bits per heavy atom. The topological polar surface area (TPSA) is 107 Å².